The van der Waals surface area contributed by atoms with Gasteiger partial charge in [-0.2, -0.15) is 0 Å². The van der Waals surface area contributed by atoms with E-state index in [0.717, 1.165) is 33.0 Å². The molecule has 4 heteroatoms. The van der Waals surface area contributed by atoms with Crippen molar-refractivity contribution in [2.45, 2.75) is 26.9 Å². The maximum atomic E-state index is 2.50. The maximum absolute atomic E-state index is 2.50. The molecule has 1 aromatic rings. The number of hydrogen-bond acceptors (Lipinski definition) is 4. The highest BCUT2D eigenvalue weighted by Crippen LogP contribution is 2.39. The Balaban J connectivity index is 2.15. The standard InChI is InChI=1S/C16H26N4/c1-6-20-11-17(3)8-13-7-15-14(12(2)16(13)20)9-18(4)10-19(15)5/h7H,6,8-11H2,1-5H3. The van der Waals surface area contributed by atoms with Gasteiger partial charge in [0.1, 0.15) is 0 Å². The minimum Gasteiger partial charge on any atom is -0.361 e. The van der Waals surface area contributed by atoms with Gasteiger partial charge in [0.2, 0.25) is 0 Å². The second kappa shape index (κ2) is 4.93. The molecule has 0 unspecified atom stereocenters. The van der Waals surface area contributed by atoms with Gasteiger partial charge in [-0.05, 0) is 50.7 Å². The second-order valence-corrected chi connectivity index (χ2v) is 6.37. The Hall–Kier alpha value is -1.26. The summed E-state index contributed by atoms with van der Waals surface area (Å²) >= 11 is 0. The Morgan fingerprint density at radius 1 is 1.05 bits per heavy atom. The van der Waals surface area contributed by atoms with Crippen LogP contribution in [0, 0.1) is 6.92 Å². The zero-order valence-corrected chi connectivity index (χ0v) is 13.4. The number of fused-ring (bicyclic) bond motifs is 2. The molecule has 1 aromatic carbocycles. The topological polar surface area (TPSA) is 13.0 Å². The highest BCUT2D eigenvalue weighted by molar-refractivity contribution is 5.72. The van der Waals surface area contributed by atoms with Gasteiger partial charge < -0.3 is 9.80 Å². The minimum absolute atomic E-state index is 1.01. The van der Waals surface area contributed by atoms with Crippen molar-refractivity contribution in [1.29, 1.82) is 0 Å². The third kappa shape index (κ3) is 2.07. The normalized spacial score (nSPS) is 20.1. The Kier molecular flexibility index (Phi) is 3.38. The molecule has 4 nitrogen and oxygen atoms in total. The molecule has 0 aliphatic carbocycles. The van der Waals surface area contributed by atoms with Crippen molar-refractivity contribution < 1.29 is 0 Å². The van der Waals surface area contributed by atoms with Crippen LogP contribution in [0.15, 0.2) is 6.07 Å². The van der Waals surface area contributed by atoms with Crippen LogP contribution in [0.5, 0.6) is 0 Å². The van der Waals surface area contributed by atoms with Crippen LogP contribution < -0.4 is 9.80 Å². The Morgan fingerprint density at radius 2 is 1.75 bits per heavy atom. The SMILES string of the molecule is CCN1CN(C)Cc2cc3c(c(C)c21)CN(C)CN3C. The molecule has 0 saturated heterocycles. The Labute approximate surface area is 122 Å². The van der Waals surface area contributed by atoms with Gasteiger partial charge in [-0.3, -0.25) is 9.80 Å². The maximum Gasteiger partial charge on any atom is 0.0707 e. The summed E-state index contributed by atoms with van der Waals surface area (Å²) < 4.78 is 0. The van der Waals surface area contributed by atoms with Gasteiger partial charge in [0.05, 0.1) is 13.3 Å². The zero-order valence-electron chi connectivity index (χ0n) is 13.4. The molecule has 3 rings (SSSR count). The van der Waals surface area contributed by atoms with Crippen molar-refractivity contribution in [1.82, 2.24) is 9.80 Å². The van der Waals surface area contributed by atoms with Crippen LogP contribution in [0.4, 0.5) is 11.4 Å². The molecular formula is C16H26N4. The van der Waals surface area contributed by atoms with Gasteiger partial charge in [0.15, 0.2) is 0 Å². The summed E-state index contributed by atoms with van der Waals surface area (Å²) in [6.07, 6.45) is 0. The smallest absolute Gasteiger partial charge is 0.0707 e. The number of benzene rings is 1. The van der Waals surface area contributed by atoms with E-state index in [4.69, 9.17) is 0 Å². The summed E-state index contributed by atoms with van der Waals surface area (Å²) in [7, 11) is 6.60. The number of hydrogen-bond donors (Lipinski definition) is 0. The molecule has 2 heterocycles. The summed E-state index contributed by atoms with van der Waals surface area (Å²) in [5.41, 5.74) is 7.36. The van der Waals surface area contributed by atoms with Crippen LogP contribution in [-0.2, 0) is 13.1 Å². The van der Waals surface area contributed by atoms with E-state index in [2.05, 4.69) is 60.7 Å². The fourth-order valence-corrected chi connectivity index (χ4v) is 3.72. The summed E-state index contributed by atoms with van der Waals surface area (Å²) in [5, 5.41) is 0. The average molecular weight is 274 g/mol. The molecule has 0 spiro atoms. The van der Waals surface area contributed by atoms with E-state index in [-0.39, 0.29) is 0 Å². The van der Waals surface area contributed by atoms with Gasteiger partial charge in [-0.15, -0.1) is 0 Å². The first-order valence-electron chi connectivity index (χ1n) is 7.49. The fraction of sp³-hybridized carbons (Fsp3) is 0.625. The zero-order chi connectivity index (χ0) is 14.4. The lowest BCUT2D eigenvalue weighted by atomic mass is 9.95. The number of rotatable bonds is 1. The molecule has 0 saturated carbocycles. The van der Waals surface area contributed by atoms with E-state index < -0.39 is 0 Å². The molecule has 0 N–H and O–H groups in total. The average Bonchev–Trinajstić information content (AvgIpc) is 2.39. The predicted octanol–water partition coefficient (Wildman–Crippen LogP) is 2.06. The molecule has 110 valence electrons. The number of nitrogens with zero attached hydrogens (tertiary/aromatic N) is 4. The molecule has 0 aromatic heterocycles. The molecule has 0 fully saturated rings. The van der Waals surface area contributed by atoms with Crippen LogP contribution in [0.25, 0.3) is 0 Å². The van der Waals surface area contributed by atoms with Crippen molar-refractivity contribution in [3.05, 3.63) is 22.8 Å². The van der Waals surface area contributed by atoms with Gasteiger partial charge in [0, 0.05) is 38.1 Å². The highest BCUT2D eigenvalue weighted by atomic mass is 15.3. The second-order valence-electron chi connectivity index (χ2n) is 6.37. The van der Waals surface area contributed by atoms with Gasteiger partial charge in [-0.1, -0.05) is 0 Å². The molecule has 0 amide bonds. The van der Waals surface area contributed by atoms with Gasteiger partial charge in [-0.25, -0.2) is 0 Å². The lowest BCUT2D eigenvalue weighted by Gasteiger charge is -2.41. The molecular weight excluding hydrogens is 248 g/mol. The third-order valence-electron chi connectivity index (χ3n) is 4.58. The molecule has 2 aliphatic rings. The quantitative estimate of drug-likeness (QED) is 0.777. The fourth-order valence-electron chi connectivity index (χ4n) is 3.72. The molecule has 2 aliphatic heterocycles. The monoisotopic (exact) mass is 274 g/mol. The summed E-state index contributed by atoms with van der Waals surface area (Å²) in [5.74, 6) is 0. The summed E-state index contributed by atoms with van der Waals surface area (Å²) in [4.78, 5) is 9.65. The highest BCUT2D eigenvalue weighted by Gasteiger charge is 2.27. The van der Waals surface area contributed by atoms with Crippen molar-refractivity contribution in [2.24, 2.45) is 0 Å². The van der Waals surface area contributed by atoms with Crippen LogP contribution >= 0.6 is 0 Å². The van der Waals surface area contributed by atoms with E-state index in [9.17, 15) is 0 Å². The van der Waals surface area contributed by atoms with E-state index >= 15 is 0 Å². The first-order valence-corrected chi connectivity index (χ1v) is 7.49. The third-order valence-corrected chi connectivity index (χ3v) is 4.58. The Morgan fingerprint density at radius 3 is 2.45 bits per heavy atom. The number of anilines is 2. The van der Waals surface area contributed by atoms with E-state index in [0.29, 0.717) is 0 Å². The van der Waals surface area contributed by atoms with Crippen LogP contribution in [0.2, 0.25) is 0 Å². The minimum atomic E-state index is 1.01. The first kappa shape index (κ1) is 13.7. The summed E-state index contributed by atoms with van der Waals surface area (Å²) in [6, 6.07) is 2.42. The van der Waals surface area contributed by atoms with Crippen LogP contribution in [-0.4, -0.2) is 50.8 Å². The lowest BCUT2D eigenvalue weighted by Crippen LogP contribution is -2.42. The largest absolute Gasteiger partial charge is 0.361 e. The first-order chi connectivity index (χ1) is 9.51. The van der Waals surface area contributed by atoms with Crippen molar-refractivity contribution in [3.63, 3.8) is 0 Å². The predicted molar refractivity (Wildman–Crippen MR) is 85.3 cm³/mol. The summed E-state index contributed by atoms with van der Waals surface area (Å²) in [6.45, 7) is 9.80. The van der Waals surface area contributed by atoms with E-state index in [1.807, 2.05) is 0 Å². The van der Waals surface area contributed by atoms with Crippen LogP contribution in [0.3, 0.4) is 0 Å². The van der Waals surface area contributed by atoms with Gasteiger partial charge in [0.25, 0.3) is 0 Å². The molecule has 0 atom stereocenters. The van der Waals surface area contributed by atoms with E-state index in [1.54, 1.807) is 0 Å². The van der Waals surface area contributed by atoms with Crippen molar-refractivity contribution >= 4 is 11.4 Å². The van der Waals surface area contributed by atoms with Crippen molar-refractivity contribution in [3.8, 4) is 0 Å². The van der Waals surface area contributed by atoms with E-state index in [1.165, 1.54) is 28.1 Å². The lowest BCUT2D eigenvalue weighted by molar-refractivity contribution is 0.304. The van der Waals surface area contributed by atoms with Crippen LogP contribution in [0.1, 0.15) is 23.6 Å². The van der Waals surface area contributed by atoms with Gasteiger partial charge >= 0.3 is 0 Å². The molecule has 0 radical (unpaired) electrons. The van der Waals surface area contributed by atoms with Crippen molar-refractivity contribution in [2.75, 3.05) is 50.8 Å². The molecule has 0 bridgehead atoms. The molecule has 20 heavy (non-hydrogen) atoms. The Bertz CT molecular complexity index is 526.